The largest absolute Gasteiger partial charge is 0.381 e. The van der Waals surface area contributed by atoms with Gasteiger partial charge in [0.25, 0.3) is 0 Å². The van der Waals surface area contributed by atoms with Crippen molar-refractivity contribution in [2.24, 2.45) is 0 Å². The van der Waals surface area contributed by atoms with E-state index in [-0.39, 0.29) is 5.41 Å². The highest BCUT2D eigenvalue weighted by Gasteiger charge is 2.31. The summed E-state index contributed by atoms with van der Waals surface area (Å²) < 4.78 is 0. The standard InChI is InChI=1S/C25H33N/c1-8-20(3)25(5,23-14-10-9-11-15-23)24-16-12-13-22(18-24)19(2)17-21(4)26(6)7/h9-16,18-19H,3-4,8,17H2,1-2,5-7H3. The quantitative estimate of drug-likeness (QED) is 0.491. The fraction of sp³-hybridized carbons (Fsp3) is 0.360. The van der Waals surface area contributed by atoms with Gasteiger partial charge in [0.1, 0.15) is 0 Å². The second kappa shape index (κ2) is 8.40. The molecule has 0 spiro atoms. The summed E-state index contributed by atoms with van der Waals surface area (Å²) in [6.45, 7) is 15.4. The van der Waals surface area contributed by atoms with E-state index < -0.39 is 0 Å². The van der Waals surface area contributed by atoms with E-state index in [4.69, 9.17) is 0 Å². The molecule has 0 bridgehead atoms. The van der Waals surface area contributed by atoms with Gasteiger partial charge in [0, 0.05) is 25.2 Å². The van der Waals surface area contributed by atoms with Crippen LogP contribution >= 0.6 is 0 Å². The van der Waals surface area contributed by atoms with Gasteiger partial charge in [-0.2, -0.15) is 0 Å². The van der Waals surface area contributed by atoms with E-state index in [2.05, 4.69) is 108 Å². The van der Waals surface area contributed by atoms with Gasteiger partial charge in [-0.3, -0.25) is 0 Å². The van der Waals surface area contributed by atoms with Gasteiger partial charge in [-0.25, -0.2) is 0 Å². The number of benzene rings is 2. The van der Waals surface area contributed by atoms with Crippen LogP contribution in [0, 0.1) is 0 Å². The van der Waals surface area contributed by atoms with Crippen LogP contribution in [-0.4, -0.2) is 19.0 Å². The van der Waals surface area contributed by atoms with Crippen LogP contribution in [0.25, 0.3) is 0 Å². The van der Waals surface area contributed by atoms with Gasteiger partial charge in [-0.05, 0) is 42.4 Å². The summed E-state index contributed by atoms with van der Waals surface area (Å²) in [7, 11) is 4.12. The van der Waals surface area contributed by atoms with Crippen LogP contribution in [0.5, 0.6) is 0 Å². The Morgan fingerprint density at radius 3 is 2.19 bits per heavy atom. The molecule has 0 fully saturated rings. The summed E-state index contributed by atoms with van der Waals surface area (Å²) in [6, 6.07) is 19.8. The predicted molar refractivity (Wildman–Crippen MR) is 115 cm³/mol. The minimum absolute atomic E-state index is 0.176. The minimum atomic E-state index is -0.176. The highest BCUT2D eigenvalue weighted by molar-refractivity contribution is 5.48. The molecule has 2 atom stereocenters. The zero-order chi connectivity index (χ0) is 19.3. The summed E-state index contributed by atoms with van der Waals surface area (Å²) in [5.41, 5.74) is 6.20. The zero-order valence-corrected chi connectivity index (χ0v) is 17.0. The first-order chi connectivity index (χ1) is 12.3. The second-order valence-corrected chi connectivity index (χ2v) is 7.64. The Hall–Kier alpha value is -2.28. The van der Waals surface area contributed by atoms with Crippen molar-refractivity contribution in [3.05, 3.63) is 95.7 Å². The molecule has 0 heterocycles. The normalized spacial score (nSPS) is 14.3. The lowest BCUT2D eigenvalue weighted by Gasteiger charge is -2.34. The van der Waals surface area contributed by atoms with Crippen LogP contribution < -0.4 is 0 Å². The molecule has 0 aliphatic rings. The van der Waals surface area contributed by atoms with Gasteiger partial charge in [0.15, 0.2) is 0 Å². The van der Waals surface area contributed by atoms with E-state index in [1.807, 2.05) is 0 Å². The highest BCUT2D eigenvalue weighted by atomic mass is 15.1. The molecule has 26 heavy (non-hydrogen) atoms. The molecule has 0 aliphatic heterocycles. The number of hydrogen-bond donors (Lipinski definition) is 0. The molecule has 1 nitrogen and oxygen atoms in total. The van der Waals surface area contributed by atoms with Crippen LogP contribution in [0.3, 0.4) is 0 Å². The molecule has 0 N–H and O–H groups in total. The van der Waals surface area contributed by atoms with Crippen LogP contribution in [0.1, 0.15) is 56.2 Å². The fourth-order valence-electron chi connectivity index (χ4n) is 3.51. The Bertz CT molecular complexity index is 757. The Balaban J connectivity index is 2.45. The summed E-state index contributed by atoms with van der Waals surface area (Å²) in [6.07, 6.45) is 1.93. The molecular weight excluding hydrogens is 314 g/mol. The summed E-state index contributed by atoms with van der Waals surface area (Å²) in [5, 5.41) is 0. The van der Waals surface area contributed by atoms with E-state index in [9.17, 15) is 0 Å². The third kappa shape index (κ3) is 4.09. The van der Waals surface area contributed by atoms with Gasteiger partial charge in [0.05, 0.1) is 0 Å². The van der Waals surface area contributed by atoms with Gasteiger partial charge in [-0.15, -0.1) is 0 Å². The molecule has 1 heteroatoms. The first-order valence-electron chi connectivity index (χ1n) is 9.50. The summed E-state index contributed by atoms with van der Waals surface area (Å²) in [5.74, 6) is 0.430. The molecule has 2 unspecified atom stereocenters. The molecule has 2 aromatic carbocycles. The maximum atomic E-state index is 4.42. The average Bonchev–Trinajstić information content (AvgIpc) is 2.67. The van der Waals surface area contributed by atoms with Crippen LogP contribution in [0.15, 0.2) is 79.0 Å². The van der Waals surface area contributed by atoms with Crippen molar-refractivity contribution in [2.75, 3.05) is 14.1 Å². The Morgan fingerprint density at radius 1 is 1.00 bits per heavy atom. The maximum absolute atomic E-state index is 4.42. The molecule has 0 saturated heterocycles. The molecule has 0 amide bonds. The molecule has 2 rings (SSSR count). The van der Waals surface area contributed by atoms with Crippen LogP contribution in [-0.2, 0) is 5.41 Å². The topological polar surface area (TPSA) is 3.24 Å². The van der Waals surface area contributed by atoms with E-state index in [1.165, 1.54) is 22.3 Å². The zero-order valence-electron chi connectivity index (χ0n) is 17.0. The van der Waals surface area contributed by atoms with Gasteiger partial charge < -0.3 is 4.90 Å². The number of nitrogens with zero attached hydrogens (tertiary/aromatic N) is 1. The minimum Gasteiger partial charge on any atom is -0.381 e. The van der Waals surface area contributed by atoms with Crippen molar-refractivity contribution in [1.29, 1.82) is 0 Å². The Kier molecular flexibility index (Phi) is 6.47. The molecule has 2 aromatic rings. The molecular formula is C25H33N. The highest BCUT2D eigenvalue weighted by Crippen LogP contribution is 2.40. The predicted octanol–water partition coefficient (Wildman–Crippen LogP) is 6.53. The molecule has 0 aromatic heterocycles. The SMILES string of the molecule is C=C(CC(C)c1cccc(C(C)(C(=C)CC)c2ccccc2)c1)N(C)C. The van der Waals surface area contributed by atoms with Crippen molar-refractivity contribution in [1.82, 2.24) is 4.90 Å². The first kappa shape index (κ1) is 20.0. The summed E-state index contributed by atoms with van der Waals surface area (Å²) >= 11 is 0. The number of rotatable bonds is 8. The lowest BCUT2D eigenvalue weighted by atomic mass is 9.70. The monoisotopic (exact) mass is 347 g/mol. The van der Waals surface area contributed by atoms with Gasteiger partial charge >= 0.3 is 0 Å². The third-order valence-corrected chi connectivity index (χ3v) is 5.69. The van der Waals surface area contributed by atoms with Crippen molar-refractivity contribution >= 4 is 0 Å². The third-order valence-electron chi connectivity index (χ3n) is 5.69. The van der Waals surface area contributed by atoms with Crippen molar-refractivity contribution in [3.63, 3.8) is 0 Å². The number of allylic oxidation sites excluding steroid dienone is 2. The van der Waals surface area contributed by atoms with E-state index in [0.29, 0.717) is 5.92 Å². The summed E-state index contributed by atoms with van der Waals surface area (Å²) in [4.78, 5) is 2.10. The Morgan fingerprint density at radius 2 is 1.62 bits per heavy atom. The van der Waals surface area contributed by atoms with Gasteiger partial charge in [-0.1, -0.05) is 87.2 Å². The first-order valence-corrected chi connectivity index (χ1v) is 9.50. The van der Waals surface area contributed by atoms with Crippen molar-refractivity contribution in [3.8, 4) is 0 Å². The van der Waals surface area contributed by atoms with E-state index in [0.717, 1.165) is 18.5 Å². The molecule has 0 radical (unpaired) electrons. The smallest absolute Gasteiger partial charge is 0.0380 e. The lowest BCUT2D eigenvalue weighted by Crippen LogP contribution is -2.26. The van der Waals surface area contributed by atoms with Gasteiger partial charge in [0.2, 0.25) is 0 Å². The second-order valence-electron chi connectivity index (χ2n) is 7.64. The maximum Gasteiger partial charge on any atom is 0.0380 e. The average molecular weight is 348 g/mol. The van der Waals surface area contributed by atoms with Crippen LogP contribution in [0.4, 0.5) is 0 Å². The number of hydrogen-bond acceptors (Lipinski definition) is 1. The van der Waals surface area contributed by atoms with Crippen molar-refractivity contribution < 1.29 is 0 Å². The fourth-order valence-corrected chi connectivity index (χ4v) is 3.51. The molecule has 138 valence electrons. The van der Waals surface area contributed by atoms with Crippen LogP contribution in [0.2, 0.25) is 0 Å². The van der Waals surface area contributed by atoms with Crippen molar-refractivity contribution in [2.45, 2.75) is 44.9 Å². The lowest BCUT2D eigenvalue weighted by molar-refractivity contribution is 0.474. The Labute approximate surface area is 160 Å². The molecule has 0 aliphatic carbocycles. The van der Waals surface area contributed by atoms with E-state index >= 15 is 0 Å². The van der Waals surface area contributed by atoms with E-state index in [1.54, 1.807) is 0 Å². The molecule has 0 saturated carbocycles.